The van der Waals surface area contributed by atoms with E-state index in [9.17, 15) is 4.79 Å². The van der Waals surface area contributed by atoms with Crippen LogP contribution < -0.4 is 0 Å². The Kier molecular flexibility index (Phi) is 6.49. The highest BCUT2D eigenvalue weighted by atomic mass is 16.5. The Hall–Kier alpha value is -1.26. The van der Waals surface area contributed by atoms with Crippen LogP contribution in [0.4, 0.5) is 4.79 Å². The molecule has 0 bridgehead atoms. The molecule has 1 amide bonds. The molecule has 0 aromatic heterocycles. The van der Waals surface area contributed by atoms with Gasteiger partial charge in [0.2, 0.25) is 0 Å². The van der Waals surface area contributed by atoms with E-state index in [1.54, 1.807) is 4.90 Å². The van der Waals surface area contributed by atoms with Gasteiger partial charge in [0, 0.05) is 19.5 Å². The van der Waals surface area contributed by atoms with Crippen molar-refractivity contribution in [3.63, 3.8) is 0 Å². The van der Waals surface area contributed by atoms with Crippen LogP contribution in [-0.2, 0) is 9.53 Å². The first-order valence-electron chi connectivity index (χ1n) is 5.03. The molecule has 0 radical (unpaired) electrons. The average molecular weight is 217 g/mol. The Morgan fingerprint density at radius 1 is 1.40 bits per heavy atom. The second kappa shape index (κ2) is 7.09. The SMILES string of the molecule is CC(=O)O.COC(=O)N1CCCCC1C. The molecule has 1 rings (SSSR count). The van der Waals surface area contributed by atoms with Crippen molar-refractivity contribution in [3.8, 4) is 0 Å². The summed E-state index contributed by atoms with van der Waals surface area (Å²) in [5, 5.41) is 7.42. The highest BCUT2D eigenvalue weighted by molar-refractivity contribution is 5.67. The largest absolute Gasteiger partial charge is 0.481 e. The molecule has 1 unspecified atom stereocenters. The number of carbonyl (C=O) groups excluding carboxylic acids is 1. The van der Waals surface area contributed by atoms with Crippen molar-refractivity contribution in [1.29, 1.82) is 0 Å². The van der Waals surface area contributed by atoms with E-state index < -0.39 is 5.97 Å². The molecule has 5 heteroatoms. The minimum absolute atomic E-state index is 0.183. The van der Waals surface area contributed by atoms with Crippen molar-refractivity contribution < 1.29 is 19.4 Å². The molecule has 1 saturated heterocycles. The lowest BCUT2D eigenvalue weighted by Gasteiger charge is -2.31. The summed E-state index contributed by atoms with van der Waals surface area (Å²) in [4.78, 5) is 21.9. The predicted octanol–water partition coefficient (Wildman–Crippen LogP) is 1.72. The third-order valence-electron chi connectivity index (χ3n) is 2.21. The molecular formula is C10H19NO4. The van der Waals surface area contributed by atoms with Crippen molar-refractivity contribution in [2.24, 2.45) is 0 Å². The first-order chi connectivity index (χ1) is 6.99. The zero-order valence-electron chi connectivity index (χ0n) is 9.52. The van der Waals surface area contributed by atoms with Gasteiger partial charge in [-0.25, -0.2) is 4.79 Å². The van der Waals surface area contributed by atoms with E-state index in [0.717, 1.165) is 26.3 Å². The van der Waals surface area contributed by atoms with Crippen LogP contribution in [-0.4, -0.2) is 41.8 Å². The van der Waals surface area contributed by atoms with Crippen molar-refractivity contribution in [1.82, 2.24) is 4.90 Å². The van der Waals surface area contributed by atoms with Gasteiger partial charge >= 0.3 is 6.09 Å². The monoisotopic (exact) mass is 217 g/mol. The number of carboxylic acid groups (broad SMARTS) is 1. The molecular weight excluding hydrogens is 198 g/mol. The molecule has 88 valence electrons. The van der Waals surface area contributed by atoms with Gasteiger partial charge in [0.05, 0.1) is 7.11 Å². The molecule has 15 heavy (non-hydrogen) atoms. The number of methoxy groups -OCH3 is 1. The number of carbonyl (C=O) groups is 2. The number of carboxylic acids is 1. The molecule has 1 fully saturated rings. The van der Waals surface area contributed by atoms with E-state index in [1.165, 1.54) is 13.5 Å². The minimum Gasteiger partial charge on any atom is -0.481 e. The fraction of sp³-hybridized carbons (Fsp3) is 0.800. The van der Waals surface area contributed by atoms with E-state index >= 15 is 0 Å². The van der Waals surface area contributed by atoms with Gasteiger partial charge in [-0.05, 0) is 26.2 Å². The van der Waals surface area contributed by atoms with Gasteiger partial charge in [0.15, 0.2) is 0 Å². The van der Waals surface area contributed by atoms with E-state index in [0.29, 0.717) is 6.04 Å². The minimum atomic E-state index is -0.833. The normalized spacial score (nSPS) is 19.9. The number of nitrogens with zero attached hydrogens (tertiary/aromatic N) is 1. The first kappa shape index (κ1) is 13.7. The molecule has 1 aliphatic rings. The van der Waals surface area contributed by atoms with E-state index in [4.69, 9.17) is 9.90 Å². The highest BCUT2D eigenvalue weighted by Gasteiger charge is 2.23. The summed E-state index contributed by atoms with van der Waals surface area (Å²) in [6.07, 6.45) is 3.26. The third kappa shape index (κ3) is 5.93. The quantitative estimate of drug-likeness (QED) is 0.670. The second-order valence-electron chi connectivity index (χ2n) is 3.53. The number of hydrogen-bond acceptors (Lipinski definition) is 3. The summed E-state index contributed by atoms with van der Waals surface area (Å²) in [6.45, 7) is 4.00. The van der Waals surface area contributed by atoms with Gasteiger partial charge in [0.25, 0.3) is 5.97 Å². The lowest BCUT2D eigenvalue weighted by atomic mass is 10.0. The summed E-state index contributed by atoms with van der Waals surface area (Å²) < 4.78 is 4.65. The molecule has 1 aliphatic heterocycles. The zero-order valence-corrected chi connectivity index (χ0v) is 9.52. The average Bonchev–Trinajstić information content (AvgIpc) is 2.16. The number of likely N-dealkylation sites (tertiary alicyclic amines) is 1. The van der Waals surface area contributed by atoms with E-state index in [1.807, 2.05) is 0 Å². The Labute approximate surface area is 90.0 Å². The molecule has 0 spiro atoms. The highest BCUT2D eigenvalue weighted by Crippen LogP contribution is 2.16. The topological polar surface area (TPSA) is 66.8 Å². The van der Waals surface area contributed by atoms with Gasteiger partial charge < -0.3 is 14.7 Å². The van der Waals surface area contributed by atoms with Crippen molar-refractivity contribution in [2.45, 2.75) is 39.2 Å². The second-order valence-corrected chi connectivity index (χ2v) is 3.53. The number of piperidine rings is 1. The zero-order chi connectivity index (χ0) is 11.8. The fourth-order valence-corrected chi connectivity index (χ4v) is 1.49. The Balaban J connectivity index is 0.000000423. The Bertz CT molecular complexity index is 213. The van der Waals surface area contributed by atoms with Crippen molar-refractivity contribution in [2.75, 3.05) is 13.7 Å². The first-order valence-corrected chi connectivity index (χ1v) is 5.03. The number of aliphatic carboxylic acids is 1. The smallest absolute Gasteiger partial charge is 0.409 e. The molecule has 0 aromatic carbocycles. The summed E-state index contributed by atoms with van der Waals surface area (Å²) in [6, 6.07) is 0.358. The van der Waals surface area contributed by atoms with Crippen LogP contribution in [0.3, 0.4) is 0 Å². The van der Waals surface area contributed by atoms with Gasteiger partial charge in [-0.15, -0.1) is 0 Å². The Morgan fingerprint density at radius 2 is 1.93 bits per heavy atom. The number of ether oxygens (including phenoxy) is 1. The maximum atomic E-state index is 11.1. The van der Waals surface area contributed by atoms with E-state index in [2.05, 4.69) is 11.7 Å². The molecule has 5 nitrogen and oxygen atoms in total. The summed E-state index contributed by atoms with van der Waals surface area (Å²) >= 11 is 0. The lowest BCUT2D eigenvalue weighted by Crippen LogP contribution is -2.41. The van der Waals surface area contributed by atoms with Crippen LogP contribution in [0.1, 0.15) is 33.1 Å². The molecule has 0 saturated carbocycles. The maximum absolute atomic E-state index is 11.1. The molecule has 1 heterocycles. The van der Waals surface area contributed by atoms with Crippen molar-refractivity contribution >= 4 is 12.1 Å². The standard InChI is InChI=1S/C8H15NO2.C2H4O2/c1-7-5-3-4-6-9(7)8(10)11-2;1-2(3)4/h7H,3-6H2,1-2H3;1H3,(H,3,4). The fourth-order valence-electron chi connectivity index (χ4n) is 1.49. The molecule has 0 aliphatic carbocycles. The number of hydrogen-bond donors (Lipinski definition) is 1. The predicted molar refractivity (Wildman–Crippen MR) is 55.7 cm³/mol. The van der Waals surface area contributed by atoms with Crippen LogP contribution in [0.5, 0.6) is 0 Å². The molecule has 0 aromatic rings. The van der Waals surface area contributed by atoms with Crippen LogP contribution in [0.15, 0.2) is 0 Å². The van der Waals surface area contributed by atoms with Gasteiger partial charge in [-0.2, -0.15) is 0 Å². The van der Waals surface area contributed by atoms with Crippen LogP contribution >= 0.6 is 0 Å². The Morgan fingerprint density at radius 3 is 2.33 bits per heavy atom. The molecule has 1 N–H and O–H groups in total. The lowest BCUT2D eigenvalue weighted by molar-refractivity contribution is -0.134. The summed E-state index contributed by atoms with van der Waals surface area (Å²) in [5.41, 5.74) is 0. The number of amides is 1. The van der Waals surface area contributed by atoms with E-state index in [-0.39, 0.29) is 6.09 Å². The third-order valence-corrected chi connectivity index (χ3v) is 2.21. The number of rotatable bonds is 0. The summed E-state index contributed by atoms with van der Waals surface area (Å²) in [7, 11) is 1.43. The van der Waals surface area contributed by atoms with Gasteiger partial charge in [-0.1, -0.05) is 0 Å². The van der Waals surface area contributed by atoms with Crippen LogP contribution in [0.25, 0.3) is 0 Å². The van der Waals surface area contributed by atoms with Crippen LogP contribution in [0.2, 0.25) is 0 Å². The van der Waals surface area contributed by atoms with Gasteiger partial charge in [0.1, 0.15) is 0 Å². The maximum Gasteiger partial charge on any atom is 0.409 e. The molecule has 1 atom stereocenters. The van der Waals surface area contributed by atoms with Crippen molar-refractivity contribution in [3.05, 3.63) is 0 Å². The van der Waals surface area contributed by atoms with Crippen LogP contribution in [0, 0.1) is 0 Å². The van der Waals surface area contributed by atoms with Gasteiger partial charge in [-0.3, -0.25) is 4.79 Å². The summed E-state index contributed by atoms with van der Waals surface area (Å²) in [5.74, 6) is -0.833.